The molecule has 0 fully saturated rings. The summed E-state index contributed by atoms with van der Waals surface area (Å²) in [5.74, 6) is 2.23. The van der Waals surface area contributed by atoms with Crippen molar-refractivity contribution >= 4 is 0 Å². The number of hydrogen-bond donors (Lipinski definition) is 0. The summed E-state index contributed by atoms with van der Waals surface area (Å²) in [6, 6.07) is 0. The van der Waals surface area contributed by atoms with Crippen LogP contribution in [0.4, 0.5) is 0 Å². The third-order valence-corrected chi connectivity index (χ3v) is 5.78. The molecule has 3 atom stereocenters. The molecule has 1 nitrogen and oxygen atoms in total. The van der Waals surface area contributed by atoms with Crippen LogP contribution in [0.2, 0.25) is 0 Å². The first-order chi connectivity index (χ1) is 8.89. The normalized spacial score (nSPS) is 34.8. The molecule has 1 aliphatic heterocycles. The largest absolute Gasteiger partial charge is 0.377 e. The zero-order chi connectivity index (χ0) is 14.2. The van der Waals surface area contributed by atoms with Gasteiger partial charge < -0.3 is 4.90 Å². The first-order valence-electron chi connectivity index (χ1n) is 8.01. The summed E-state index contributed by atoms with van der Waals surface area (Å²) in [7, 11) is 2.30. The SMILES string of the molecule is CCC1C2=C(C=CCC1C)C(C)(C)[C@H](C)CCN2C. The van der Waals surface area contributed by atoms with E-state index in [0.717, 1.165) is 17.8 Å². The van der Waals surface area contributed by atoms with Gasteiger partial charge in [-0.1, -0.05) is 46.8 Å². The maximum Gasteiger partial charge on any atom is 0.0202 e. The summed E-state index contributed by atoms with van der Waals surface area (Å²) < 4.78 is 0. The molecule has 0 N–H and O–H groups in total. The smallest absolute Gasteiger partial charge is 0.0202 e. The van der Waals surface area contributed by atoms with Gasteiger partial charge in [0.15, 0.2) is 0 Å². The molecule has 108 valence electrons. The zero-order valence-corrected chi connectivity index (χ0v) is 13.7. The highest BCUT2D eigenvalue weighted by Crippen LogP contribution is 2.47. The predicted molar refractivity (Wildman–Crippen MR) is 83.9 cm³/mol. The molecule has 1 aliphatic carbocycles. The van der Waals surface area contributed by atoms with Crippen molar-refractivity contribution in [2.45, 2.75) is 53.9 Å². The summed E-state index contributed by atoms with van der Waals surface area (Å²) in [5, 5.41) is 0. The van der Waals surface area contributed by atoms with Gasteiger partial charge in [-0.25, -0.2) is 0 Å². The van der Waals surface area contributed by atoms with E-state index in [2.05, 4.69) is 58.7 Å². The van der Waals surface area contributed by atoms with E-state index in [1.165, 1.54) is 25.8 Å². The van der Waals surface area contributed by atoms with Crippen molar-refractivity contribution in [2.75, 3.05) is 13.6 Å². The monoisotopic (exact) mass is 261 g/mol. The fourth-order valence-corrected chi connectivity index (χ4v) is 3.88. The molecule has 1 heterocycles. The minimum absolute atomic E-state index is 0.300. The molecule has 0 bridgehead atoms. The van der Waals surface area contributed by atoms with Crippen molar-refractivity contribution in [3.63, 3.8) is 0 Å². The standard InChI is InChI=1S/C18H31N/c1-7-15-13(2)9-8-10-16-17(15)19(6)12-11-14(3)18(16,4)5/h8,10,13-15H,7,9,11-12H2,1-6H3/t13?,14-,15?/m1/s1. The van der Waals surface area contributed by atoms with Gasteiger partial charge in [-0.05, 0) is 42.1 Å². The van der Waals surface area contributed by atoms with Crippen molar-refractivity contribution in [1.29, 1.82) is 0 Å². The molecular formula is C18H31N. The lowest BCUT2D eigenvalue weighted by Crippen LogP contribution is -2.28. The molecule has 0 aromatic heterocycles. The Bertz CT molecular complexity index is 388. The molecule has 2 unspecified atom stereocenters. The minimum Gasteiger partial charge on any atom is -0.377 e. The maximum atomic E-state index is 2.56. The summed E-state index contributed by atoms with van der Waals surface area (Å²) in [5.41, 5.74) is 3.54. The summed E-state index contributed by atoms with van der Waals surface area (Å²) in [6.45, 7) is 13.3. The van der Waals surface area contributed by atoms with E-state index in [-0.39, 0.29) is 0 Å². The Hall–Kier alpha value is -0.720. The Labute approximate surface area is 119 Å². The highest BCUT2D eigenvalue weighted by molar-refractivity contribution is 5.35. The zero-order valence-electron chi connectivity index (χ0n) is 13.7. The number of nitrogens with zero attached hydrogens (tertiary/aromatic N) is 1. The third kappa shape index (κ3) is 2.49. The van der Waals surface area contributed by atoms with Crippen molar-refractivity contribution in [3.8, 4) is 0 Å². The van der Waals surface area contributed by atoms with E-state index < -0.39 is 0 Å². The van der Waals surface area contributed by atoms with Crippen LogP contribution in [0, 0.1) is 23.2 Å². The average Bonchev–Trinajstić information content (AvgIpc) is 2.57. The molecule has 1 heteroatoms. The molecule has 19 heavy (non-hydrogen) atoms. The minimum atomic E-state index is 0.300. The topological polar surface area (TPSA) is 3.24 Å². The van der Waals surface area contributed by atoms with Crippen molar-refractivity contribution in [3.05, 3.63) is 23.4 Å². The molecule has 2 aliphatic rings. The number of hydrogen-bond acceptors (Lipinski definition) is 1. The summed E-state index contributed by atoms with van der Waals surface area (Å²) in [6.07, 6.45) is 8.65. The van der Waals surface area contributed by atoms with Crippen LogP contribution in [0.1, 0.15) is 53.9 Å². The van der Waals surface area contributed by atoms with Crippen LogP contribution in [0.25, 0.3) is 0 Å². The van der Waals surface area contributed by atoms with Crippen molar-refractivity contribution in [2.24, 2.45) is 23.2 Å². The molecule has 0 aromatic rings. The van der Waals surface area contributed by atoms with Gasteiger partial charge in [0.2, 0.25) is 0 Å². The van der Waals surface area contributed by atoms with Crippen LogP contribution in [0.15, 0.2) is 23.4 Å². The second kappa shape index (κ2) is 5.34. The fraction of sp³-hybridized carbons (Fsp3) is 0.778. The van der Waals surface area contributed by atoms with Gasteiger partial charge in [-0.2, -0.15) is 0 Å². The Morgan fingerprint density at radius 3 is 2.63 bits per heavy atom. The Morgan fingerprint density at radius 2 is 2.00 bits per heavy atom. The van der Waals surface area contributed by atoms with Gasteiger partial charge in [-0.15, -0.1) is 0 Å². The van der Waals surface area contributed by atoms with Gasteiger partial charge >= 0.3 is 0 Å². The van der Waals surface area contributed by atoms with Crippen molar-refractivity contribution < 1.29 is 0 Å². The van der Waals surface area contributed by atoms with Gasteiger partial charge in [0.25, 0.3) is 0 Å². The summed E-state index contributed by atoms with van der Waals surface area (Å²) in [4.78, 5) is 2.56. The van der Waals surface area contributed by atoms with Crippen molar-refractivity contribution in [1.82, 2.24) is 4.90 Å². The molecule has 2 rings (SSSR count). The quantitative estimate of drug-likeness (QED) is 0.651. The van der Waals surface area contributed by atoms with E-state index in [1.54, 1.807) is 11.3 Å². The average molecular weight is 261 g/mol. The van der Waals surface area contributed by atoms with Crippen LogP contribution in [-0.2, 0) is 0 Å². The third-order valence-electron chi connectivity index (χ3n) is 5.78. The molecule has 0 saturated carbocycles. The Balaban J connectivity index is 2.58. The summed E-state index contributed by atoms with van der Waals surface area (Å²) >= 11 is 0. The first kappa shape index (κ1) is 14.7. The lowest BCUT2D eigenvalue weighted by molar-refractivity contribution is 0.269. The molecule has 0 spiro atoms. The second-order valence-electron chi connectivity index (χ2n) is 7.26. The lowest BCUT2D eigenvalue weighted by Gasteiger charge is -2.35. The molecular weight excluding hydrogens is 230 g/mol. The highest BCUT2D eigenvalue weighted by Gasteiger charge is 2.38. The maximum absolute atomic E-state index is 2.56. The van der Waals surface area contributed by atoms with Crippen LogP contribution in [0.5, 0.6) is 0 Å². The molecule has 0 aromatic carbocycles. The number of rotatable bonds is 1. The highest BCUT2D eigenvalue weighted by atomic mass is 15.1. The molecule has 0 amide bonds. The van der Waals surface area contributed by atoms with E-state index >= 15 is 0 Å². The van der Waals surface area contributed by atoms with E-state index in [0.29, 0.717) is 5.41 Å². The van der Waals surface area contributed by atoms with Gasteiger partial charge in [-0.3, -0.25) is 0 Å². The van der Waals surface area contributed by atoms with Gasteiger partial charge in [0.1, 0.15) is 0 Å². The molecule has 0 radical (unpaired) electrons. The van der Waals surface area contributed by atoms with E-state index in [9.17, 15) is 0 Å². The first-order valence-corrected chi connectivity index (χ1v) is 8.01. The number of allylic oxidation sites excluding steroid dienone is 4. The van der Waals surface area contributed by atoms with Gasteiger partial charge in [0.05, 0.1) is 0 Å². The van der Waals surface area contributed by atoms with Gasteiger partial charge in [0, 0.05) is 25.2 Å². The van der Waals surface area contributed by atoms with E-state index in [1.807, 2.05) is 0 Å². The van der Waals surface area contributed by atoms with Crippen LogP contribution < -0.4 is 0 Å². The fourth-order valence-electron chi connectivity index (χ4n) is 3.88. The van der Waals surface area contributed by atoms with Crippen LogP contribution >= 0.6 is 0 Å². The Kier molecular flexibility index (Phi) is 4.13. The Morgan fingerprint density at radius 1 is 1.32 bits per heavy atom. The lowest BCUT2D eigenvalue weighted by atomic mass is 9.71. The van der Waals surface area contributed by atoms with Crippen LogP contribution in [0.3, 0.4) is 0 Å². The second-order valence-corrected chi connectivity index (χ2v) is 7.26. The molecule has 0 saturated heterocycles. The van der Waals surface area contributed by atoms with E-state index in [4.69, 9.17) is 0 Å². The van der Waals surface area contributed by atoms with Crippen LogP contribution in [-0.4, -0.2) is 18.5 Å². The predicted octanol–water partition coefficient (Wildman–Crippen LogP) is 4.86.